The van der Waals surface area contributed by atoms with Gasteiger partial charge in [0.2, 0.25) is 5.91 Å². The average Bonchev–Trinajstić information content (AvgIpc) is 3.24. The van der Waals surface area contributed by atoms with Crippen LogP contribution < -0.4 is 15.0 Å². The molecule has 0 fully saturated rings. The molecular formula is C22H21N5O2S2. The van der Waals surface area contributed by atoms with Crippen molar-refractivity contribution in [3.63, 3.8) is 0 Å². The molecule has 0 aliphatic heterocycles. The standard InChI is InChI=1S/C22H21N5O2S2/c1-27(12-15-8-4-3-5-9-15)22-26-20-19(31-22)21(24-14-23-20)30-13-18(28)25-16-10-6-7-11-17(16)29-2/h3-11,14H,12-13H2,1-2H3,(H,25,28). The quantitative estimate of drug-likeness (QED) is 0.313. The Kier molecular flexibility index (Phi) is 6.63. The van der Waals surface area contributed by atoms with Crippen LogP contribution in [0, 0.1) is 0 Å². The minimum absolute atomic E-state index is 0.132. The molecule has 0 atom stereocenters. The van der Waals surface area contributed by atoms with Gasteiger partial charge in [0.05, 0.1) is 18.6 Å². The molecule has 158 valence electrons. The number of aromatic nitrogens is 3. The molecule has 2 aromatic carbocycles. The molecule has 31 heavy (non-hydrogen) atoms. The zero-order chi connectivity index (χ0) is 21.6. The Morgan fingerprint density at radius 2 is 1.90 bits per heavy atom. The number of hydrogen-bond acceptors (Lipinski definition) is 8. The number of methoxy groups -OCH3 is 1. The third kappa shape index (κ3) is 5.12. The van der Waals surface area contributed by atoms with Crippen LogP contribution in [0.3, 0.4) is 0 Å². The average molecular weight is 452 g/mol. The molecule has 0 bridgehead atoms. The molecule has 2 heterocycles. The molecule has 1 N–H and O–H groups in total. The van der Waals surface area contributed by atoms with Crippen LogP contribution in [0.5, 0.6) is 5.75 Å². The minimum Gasteiger partial charge on any atom is -0.495 e. The first kappa shape index (κ1) is 21.1. The lowest BCUT2D eigenvalue weighted by Gasteiger charge is -2.15. The van der Waals surface area contributed by atoms with E-state index in [4.69, 9.17) is 4.74 Å². The zero-order valence-corrected chi connectivity index (χ0v) is 18.7. The van der Waals surface area contributed by atoms with E-state index >= 15 is 0 Å². The van der Waals surface area contributed by atoms with E-state index < -0.39 is 0 Å². The predicted octanol–water partition coefficient (Wildman–Crippen LogP) is 4.46. The number of amides is 1. The Morgan fingerprint density at radius 3 is 2.71 bits per heavy atom. The van der Waals surface area contributed by atoms with Crippen LogP contribution in [0.4, 0.5) is 10.8 Å². The monoisotopic (exact) mass is 451 g/mol. The van der Waals surface area contributed by atoms with Crippen LogP contribution in [-0.4, -0.2) is 40.8 Å². The summed E-state index contributed by atoms with van der Waals surface area (Å²) in [5, 5.41) is 4.49. The molecule has 0 spiro atoms. The van der Waals surface area contributed by atoms with Crippen molar-refractivity contribution in [2.24, 2.45) is 0 Å². The van der Waals surface area contributed by atoms with Crippen molar-refractivity contribution in [2.45, 2.75) is 11.6 Å². The maximum absolute atomic E-state index is 12.5. The number of ether oxygens (including phenoxy) is 1. The lowest BCUT2D eigenvalue weighted by molar-refractivity contribution is -0.113. The number of benzene rings is 2. The molecule has 0 saturated carbocycles. The Bertz CT molecular complexity index is 1180. The summed E-state index contributed by atoms with van der Waals surface area (Å²) in [5.41, 5.74) is 2.49. The molecule has 9 heteroatoms. The fraction of sp³-hybridized carbons (Fsp3) is 0.182. The highest BCUT2D eigenvalue weighted by Crippen LogP contribution is 2.34. The van der Waals surface area contributed by atoms with Crippen molar-refractivity contribution in [1.82, 2.24) is 15.0 Å². The second kappa shape index (κ2) is 9.76. The van der Waals surface area contributed by atoms with E-state index in [0.717, 1.165) is 21.4 Å². The Balaban J connectivity index is 1.45. The van der Waals surface area contributed by atoms with E-state index in [9.17, 15) is 4.79 Å². The molecule has 2 aromatic heterocycles. The first-order valence-electron chi connectivity index (χ1n) is 9.56. The molecule has 0 unspecified atom stereocenters. The van der Waals surface area contributed by atoms with Gasteiger partial charge in [-0.05, 0) is 17.7 Å². The van der Waals surface area contributed by atoms with Crippen LogP contribution in [0.2, 0.25) is 0 Å². The summed E-state index contributed by atoms with van der Waals surface area (Å²) >= 11 is 2.90. The number of fused-ring (bicyclic) bond motifs is 1. The third-order valence-electron chi connectivity index (χ3n) is 4.46. The predicted molar refractivity (Wildman–Crippen MR) is 126 cm³/mol. The number of thiazole rings is 1. The number of nitrogens with one attached hydrogen (secondary N) is 1. The maximum Gasteiger partial charge on any atom is 0.234 e. The summed E-state index contributed by atoms with van der Waals surface area (Å²) in [6, 6.07) is 17.6. The number of para-hydroxylation sites is 2. The molecule has 0 aliphatic rings. The van der Waals surface area contributed by atoms with E-state index in [-0.39, 0.29) is 11.7 Å². The summed E-state index contributed by atoms with van der Waals surface area (Å²) in [6.45, 7) is 0.748. The first-order chi connectivity index (χ1) is 15.1. The van der Waals surface area contributed by atoms with E-state index in [1.54, 1.807) is 7.11 Å². The van der Waals surface area contributed by atoms with Gasteiger partial charge in [0.15, 0.2) is 10.8 Å². The largest absolute Gasteiger partial charge is 0.495 e. The number of anilines is 2. The second-order valence-corrected chi connectivity index (χ2v) is 8.65. The lowest BCUT2D eigenvalue weighted by Crippen LogP contribution is -2.15. The van der Waals surface area contributed by atoms with Crippen molar-refractivity contribution in [3.05, 3.63) is 66.5 Å². The van der Waals surface area contributed by atoms with E-state index in [2.05, 4.69) is 37.3 Å². The van der Waals surface area contributed by atoms with Crippen molar-refractivity contribution in [2.75, 3.05) is 30.1 Å². The van der Waals surface area contributed by atoms with Crippen molar-refractivity contribution in [3.8, 4) is 5.75 Å². The van der Waals surface area contributed by atoms with E-state index in [1.807, 2.05) is 49.5 Å². The Labute approximate surface area is 188 Å². The lowest BCUT2D eigenvalue weighted by atomic mass is 10.2. The summed E-state index contributed by atoms with van der Waals surface area (Å²) in [7, 11) is 3.58. The molecular weight excluding hydrogens is 430 g/mol. The highest BCUT2D eigenvalue weighted by Gasteiger charge is 2.15. The number of thioether (sulfide) groups is 1. The fourth-order valence-electron chi connectivity index (χ4n) is 2.98. The van der Waals surface area contributed by atoms with Crippen molar-refractivity contribution < 1.29 is 9.53 Å². The van der Waals surface area contributed by atoms with Gasteiger partial charge >= 0.3 is 0 Å². The van der Waals surface area contributed by atoms with E-state index in [1.165, 1.54) is 35.0 Å². The summed E-state index contributed by atoms with van der Waals surface area (Å²) in [5.74, 6) is 0.711. The Morgan fingerprint density at radius 1 is 1.13 bits per heavy atom. The normalized spacial score (nSPS) is 10.8. The molecule has 4 rings (SSSR count). The van der Waals surface area contributed by atoms with Crippen molar-refractivity contribution in [1.29, 1.82) is 0 Å². The Hall–Kier alpha value is -3.17. The molecule has 1 amide bonds. The third-order valence-corrected chi connectivity index (χ3v) is 6.74. The number of carbonyl (C=O) groups is 1. The SMILES string of the molecule is COc1ccccc1NC(=O)CSc1ncnc2nc(N(C)Cc3ccccc3)sc12. The highest BCUT2D eigenvalue weighted by molar-refractivity contribution is 8.00. The van der Waals surface area contributed by atoms with Gasteiger partial charge in [-0.2, -0.15) is 4.98 Å². The highest BCUT2D eigenvalue weighted by atomic mass is 32.2. The number of rotatable bonds is 8. The summed E-state index contributed by atoms with van der Waals surface area (Å²) in [6.07, 6.45) is 1.49. The van der Waals surface area contributed by atoms with Gasteiger partial charge in [-0.3, -0.25) is 4.79 Å². The zero-order valence-electron chi connectivity index (χ0n) is 17.1. The van der Waals surface area contributed by atoms with Crippen LogP contribution in [0.15, 0.2) is 66.0 Å². The number of carbonyl (C=O) groups excluding carboxylic acids is 1. The molecule has 7 nitrogen and oxygen atoms in total. The van der Waals surface area contributed by atoms with Gasteiger partial charge in [-0.25, -0.2) is 9.97 Å². The van der Waals surface area contributed by atoms with Gasteiger partial charge in [-0.15, -0.1) is 0 Å². The van der Waals surface area contributed by atoms with Gasteiger partial charge in [0.25, 0.3) is 0 Å². The molecule has 0 aliphatic carbocycles. The summed E-state index contributed by atoms with van der Waals surface area (Å²) in [4.78, 5) is 27.9. The van der Waals surface area contributed by atoms with Gasteiger partial charge in [0.1, 0.15) is 21.8 Å². The van der Waals surface area contributed by atoms with Crippen LogP contribution in [0.25, 0.3) is 10.3 Å². The fourth-order valence-corrected chi connectivity index (χ4v) is 4.83. The molecule has 4 aromatic rings. The first-order valence-corrected chi connectivity index (χ1v) is 11.4. The smallest absolute Gasteiger partial charge is 0.234 e. The van der Waals surface area contributed by atoms with Crippen LogP contribution in [0.1, 0.15) is 5.56 Å². The van der Waals surface area contributed by atoms with Crippen LogP contribution in [-0.2, 0) is 11.3 Å². The summed E-state index contributed by atoms with van der Waals surface area (Å²) < 4.78 is 6.16. The maximum atomic E-state index is 12.5. The molecule has 0 radical (unpaired) electrons. The van der Waals surface area contributed by atoms with E-state index in [0.29, 0.717) is 17.1 Å². The van der Waals surface area contributed by atoms with Gasteiger partial charge in [-0.1, -0.05) is 65.6 Å². The number of hydrogen-bond donors (Lipinski definition) is 1. The van der Waals surface area contributed by atoms with Crippen molar-refractivity contribution >= 4 is 50.2 Å². The second-order valence-electron chi connectivity index (χ2n) is 6.71. The van der Waals surface area contributed by atoms with Gasteiger partial charge < -0.3 is 15.0 Å². The van der Waals surface area contributed by atoms with Crippen LogP contribution >= 0.6 is 23.1 Å². The molecule has 0 saturated heterocycles. The minimum atomic E-state index is -0.132. The number of nitrogens with zero attached hydrogens (tertiary/aromatic N) is 4. The van der Waals surface area contributed by atoms with Gasteiger partial charge in [0, 0.05) is 13.6 Å². The topological polar surface area (TPSA) is 80.2 Å².